The van der Waals surface area contributed by atoms with Gasteiger partial charge in [-0.2, -0.15) is 4.31 Å². The van der Waals surface area contributed by atoms with Crippen LogP contribution >= 0.6 is 0 Å². The van der Waals surface area contributed by atoms with Gasteiger partial charge in [-0.3, -0.25) is 4.79 Å². The number of rotatable bonds is 6. The van der Waals surface area contributed by atoms with E-state index in [1.807, 2.05) is 12.1 Å². The van der Waals surface area contributed by atoms with Crippen molar-refractivity contribution in [3.05, 3.63) is 42.0 Å². The van der Waals surface area contributed by atoms with Gasteiger partial charge in [0.1, 0.15) is 0 Å². The molecule has 34 heavy (non-hydrogen) atoms. The maximum absolute atomic E-state index is 13.1. The second-order valence-corrected chi connectivity index (χ2v) is 10.2. The van der Waals surface area contributed by atoms with E-state index in [-0.39, 0.29) is 23.3 Å². The summed E-state index contributed by atoms with van der Waals surface area (Å²) in [7, 11) is -3.64. The SMILES string of the molecule is O=C(NCc1ccccc1S(=O)(=O)N1CCOCC1)C1CCN(c2ccc3nnnn3n2)CC1. The highest BCUT2D eigenvalue weighted by molar-refractivity contribution is 7.89. The van der Waals surface area contributed by atoms with Gasteiger partial charge >= 0.3 is 0 Å². The minimum Gasteiger partial charge on any atom is -0.379 e. The number of ether oxygens (including phenoxy) is 1. The Bertz CT molecular complexity index is 1270. The van der Waals surface area contributed by atoms with Crippen molar-refractivity contribution in [2.75, 3.05) is 44.3 Å². The van der Waals surface area contributed by atoms with Crippen LogP contribution in [0.1, 0.15) is 18.4 Å². The number of amides is 1. The Morgan fingerprint density at radius 2 is 1.82 bits per heavy atom. The Morgan fingerprint density at radius 1 is 1.06 bits per heavy atom. The minimum atomic E-state index is -3.64. The van der Waals surface area contributed by atoms with Crippen LogP contribution in [0.25, 0.3) is 5.65 Å². The van der Waals surface area contributed by atoms with Crippen LogP contribution < -0.4 is 10.2 Å². The zero-order valence-corrected chi connectivity index (χ0v) is 19.4. The van der Waals surface area contributed by atoms with Crippen LogP contribution in [0.2, 0.25) is 0 Å². The number of sulfonamides is 1. The van der Waals surface area contributed by atoms with Gasteiger partial charge in [-0.1, -0.05) is 18.2 Å². The molecule has 0 spiro atoms. The van der Waals surface area contributed by atoms with Crippen molar-refractivity contribution in [2.24, 2.45) is 5.92 Å². The predicted octanol–water partition coefficient (Wildman–Crippen LogP) is 0.0730. The molecule has 2 aliphatic rings. The number of nitrogens with zero attached hydrogens (tertiary/aromatic N) is 7. The first-order valence-electron chi connectivity index (χ1n) is 11.3. The molecule has 5 rings (SSSR count). The molecule has 0 atom stereocenters. The largest absolute Gasteiger partial charge is 0.379 e. The molecular formula is C21H26N8O4S. The lowest BCUT2D eigenvalue weighted by Crippen LogP contribution is -2.42. The fraction of sp³-hybridized carbons (Fsp3) is 0.476. The second kappa shape index (κ2) is 9.60. The Balaban J connectivity index is 1.19. The normalized spacial score (nSPS) is 18.3. The van der Waals surface area contributed by atoms with E-state index < -0.39 is 10.0 Å². The van der Waals surface area contributed by atoms with Crippen LogP contribution in [0.4, 0.5) is 5.82 Å². The average molecular weight is 487 g/mol. The molecule has 12 nitrogen and oxygen atoms in total. The Morgan fingerprint density at radius 3 is 2.62 bits per heavy atom. The monoisotopic (exact) mass is 486 g/mol. The number of anilines is 1. The van der Waals surface area contributed by atoms with E-state index in [1.165, 1.54) is 8.94 Å². The lowest BCUT2D eigenvalue weighted by molar-refractivity contribution is -0.125. The summed E-state index contributed by atoms with van der Waals surface area (Å²) in [6.07, 6.45) is 1.35. The van der Waals surface area contributed by atoms with Crippen molar-refractivity contribution in [3.63, 3.8) is 0 Å². The number of fused-ring (bicyclic) bond motifs is 1. The third-order valence-corrected chi connectivity index (χ3v) is 8.26. The van der Waals surface area contributed by atoms with Gasteiger partial charge in [0.05, 0.1) is 18.1 Å². The maximum atomic E-state index is 13.1. The molecule has 4 heterocycles. The fourth-order valence-corrected chi connectivity index (χ4v) is 5.96. The molecule has 2 aromatic heterocycles. The fourth-order valence-electron chi connectivity index (χ4n) is 4.33. The molecule has 2 fully saturated rings. The smallest absolute Gasteiger partial charge is 0.243 e. The van der Waals surface area contributed by atoms with Gasteiger partial charge in [-0.05, 0) is 47.0 Å². The first-order valence-corrected chi connectivity index (χ1v) is 12.7. The molecular weight excluding hydrogens is 460 g/mol. The topological polar surface area (TPSA) is 135 Å². The molecule has 3 aromatic rings. The van der Waals surface area contributed by atoms with Crippen LogP contribution in [-0.4, -0.2) is 83.3 Å². The van der Waals surface area contributed by atoms with E-state index in [0.717, 1.165) is 5.82 Å². The van der Waals surface area contributed by atoms with E-state index in [4.69, 9.17) is 4.74 Å². The van der Waals surface area contributed by atoms with Crippen molar-refractivity contribution in [1.82, 2.24) is 34.9 Å². The van der Waals surface area contributed by atoms with Crippen molar-refractivity contribution < 1.29 is 17.9 Å². The number of nitrogens with one attached hydrogen (secondary N) is 1. The summed E-state index contributed by atoms with van der Waals surface area (Å²) < 4.78 is 34.3. The van der Waals surface area contributed by atoms with Gasteiger partial charge in [-0.15, -0.1) is 14.8 Å². The van der Waals surface area contributed by atoms with Gasteiger partial charge in [-0.25, -0.2) is 8.42 Å². The first kappa shape index (κ1) is 22.6. The first-order chi connectivity index (χ1) is 16.5. The molecule has 0 radical (unpaired) electrons. The summed E-state index contributed by atoms with van der Waals surface area (Å²) in [5.41, 5.74) is 1.16. The van der Waals surface area contributed by atoms with Gasteiger partial charge in [0.2, 0.25) is 15.9 Å². The van der Waals surface area contributed by atoms with Crippen LogP contribution in [0, 0.1) is 5.92 Å². The lowest BCUT2D eigenvalue weighted by Gasteiger charge is -2.32. The van der Waals surface area contributed by atoms with Crippen molar-refractivity contribution in [3.8, 4) is 0 Å². The molecule has 0 bridgehead atoms. The Hall–Kier alpha value is -3.16. The highest BCUT2D eigenvalue weighted by Gasteiger charge is 2.29. The summed E-state index contributed by atoms with van der Waals surface area (Å²) in [5, 5.41) is 18.6. The minimum absolute atomic E-state index is 0.0675. The molecule has 2 aliphatic heterocycles. The van der Waals surface area contributed by atoms with E-state index in [2.05, 4.69) is 30.8 Å². The number of piperidine rings is 1. The number of hydrogen-bond acceptors (Lipinski definition) is 9. The van der Waals surface area contributed by atoms with E-state index in [1.54, 1.807) is 24.3 Å². The molecule has 180 valence electrons. The average Bonchev–Trinajstić information content (AvgIpc) is 3.36. The number of benzene rings is 1. The predicted molar refractivity (Wildman–Crippen MR) is 121 cm³/mol. The summed E-state index contributed by atoms with van der Waals surface area (Å²) in [4.78, 5) is 15.2. The summed E-state index contributed by atoms with van der Waals surface area (Å²) in [6.45, 7) is 2.96. The number of carbonyl (C=O) groups is 1. The highest BCUT2D eigenvalue weighted by atomic mass is 32.2. The van der Waals surface area contributed by atoms with Crippen molar-refractivity contribution >= 4 is 27.4 Å². The van der Waals surface area contributed by atoms with Crippen molar-refractivity contribution in [1.29, 1.82) is 0 Å². The zero-order chi connectivity index (χ0) is 23.5. The quantitative estimate of drug-likeness (QED) is 0.514. The molecule has 1 aromatic carbocycles. The molecule has 1 N–H and O–H groups in total. The maximum Gasteiger partial charge on any atom is 0.243 e. The summed E-state index contributed by atoms with van der Waals surface area (Å²) in [5.74, 6) is 0.555. The third kappa shape index (κ3) is 4.58. The highest BCUT2D eigenvalue weighted by Crippen LogP contribution is 2.24. The second-order valence-electron chi connectivity index (χ2n) is 8.32. The number of hydrogen-bond donors (Lipinski definition) is 1. The van der Waals surface area contributed by atoms with Crippen LogP contribution in [0.5, 0.6) is 0 Å². The van der Waals surface area contributed by atoms with E-state index in [0.29, 0.717) is 63.4 Å². The number of tetrazole rings is 1. The van der Waals surface area contributed by atoms with Gasteiger partial charge in [0.15, 0.2) is 11.5 Å². The number of carbonyl (C=O) groups excluding carboxylic acids is 1. The Labute approximate surface area is 196 Å². The van der Waals surface area contributed by atoms with Crippen LogP contribution in [-0.2, 0) is 26.1 Å². The van der Waals surface area contributed by atoms with Crippen LogP contribution in [0.3, 0.4) is 0 Å². The van der Waals surface area contributed by atoms with Crippen molar-refractivity contribution in [2.45, 2.75) is 24.3 Å². The summed E-state index contributed by atoms with van der Waals surface area (Å²) >= 11 is 0. The summed E-state index contributed by atoms with van der Waals surface area (Å²) in [6, 6.07) is 10.5. The van der Waals surface area contributed by atoms with Crippen LogP contribution in [0.15, 0.2) is 41.3 Å². The van der Waals surface area contributed by atoms with E-state index >= 15 is 0 Å². The molecule has 0 unspecified atom stereocenters. The Kier molecular flexibility index (Phi) is 6.39. The molecule has 1 amide bonds. The number of morpholine rings is 1. The molecule has 0 saturated carbocycles. The third-order valence-electron chi connectivity index (χ3n) is 6.26. The lowest BCUT2D eigenvalue weighted by atomic mass is 9.96. The molecule has 2 saturated heterocycles. The van der Waals surface area contributed by atoms with Gasteiger partial charge in [0, 0.05) is 38.6 Å². The van der Waals surface area contributed by atoms with Gasteiger partial charge < -0.3 is 15.0 Å². The van der Waals surface area contributed by atoms with E-state index in [9.17, 15) is 13.2 Å². The number of aromatic nitrogens is 5. The molecule has 13 heteroatoms. The van der Waals surface area contributed by atoms with Gasteiger partial charge in [0.25, 0.3) is 0 Å². The standard InChI is InChI=1S/C21H26N8O4S/c30-21(16-7-9-27(10-8-16)20-6-5-19-23-25-26-29(19)24-20)22-15-17-3-1-2-4-18(17)34(31,32)28-11-13-33-14-12-28/h1-6,16H,7-15H2,(H,22,30). The molecule has 0 aliphatic carbocycles. The zero-order valence-electron chi connectivity index (χ0n) is 18.6.